The smallest absolute Gasteiger partial charge is 0.307 e. The number of imidazole rings is 1. The Hall–Kier alpha value is -5.07. The van der Waals surface area contributed by atoms with Crippen LogP contribution in [0.4, 0.5) is 8.78 Å². The maximum absolute atomic E-state index is 14.5. The van der Waals surface area contributed by atoms with Crippen molar-refractivity contribution in [3.63, 3.8) is 0 Å². The molecule has 1 aliphatic rings. The van der Waals surface area contributed by atoms with Gasteiger partial charge in [-0.25, -0.2) is 18.7 Å². The second-order valence-electron chi connectivity index (χ2n) is 11.6. The Balaban J connectivity index is 1.19. The van der Waals surface area contributed by atoms with Gasteiger partial charge in [-0.3, -0.25) is 9.69 Å². The number of carbonyl (C=O) groups is 1. The summed E-state index contributed by atoms with van der Waals surface area (Å²) in [4.78, 5) is 22.8. The second kappa shape index (κ2) is 16.0. The minimum atomic E-state index is -0.878. The Morgan fingerprint density at radius 3 is 2.53 bits per heavy atom. The largest absolute Gasteiger partial charge is 0.484 e. The van der Waals surface area contributed by atoms with Crippen molar-refractivity contribution in [1.29, 1.82) is 10.5 Å². The van der Waals surface area contributed by atoms with E-state index in [0.717, 1.165) is 86.6 Å². The number of piperidine rings is 1. The third-order valence-corrected chi connectivity index (χ3v) is 8.17. The summed E-state index contributed by atoms with van der Waals surface area (Å²) in [5.74, 6) is -1.11. The molecule has 0 radical (unpaired) electrons. The van der Waals surface area contributed by atoms with E-state index < -0.39 is 17.6 Å². The highest BCUT2D eigenvalue weighted by molar-refractivity contribution is 5.79. The monoisotopic (exact) mass is 642 g/mol. The molecule has 5 rings (SSSR count). The maximum Gasteiger partial charge on any atom is 0.307 e. The summed E-state index contributed by atoms with van der Waals surface area (Å²) < 4.78 is 42.4. The van der Waals surface area contributed by atoms with Gasteiger partial charge < -0.3 is 19.1 Å². The molecule has 12 heteroatoms. The number of carboxylic acids is 1. The van der Waals surface area contributed by atoms with E-state index in [1.54, 1.807) is 0 Å². The summed E-state index contributed by atoms with van der Waals surface area (Å²) >= 11 is 0. The molecule has 2 aromatic carbocycles. The molecule has 0 aliphatic carbocycles. The molecule has 10 nitrogen and oxygen atoms in total. The van der Waals surface area contributed by atoms with Gasteiger partial charge in [0.25, 0.3) is 0 Å². The number of nitrogens with zero attached hydrogens (tertiary/aromatic N) is 6. The summed E-state index contributed by atoms with van der Waals surface area (Å²) in [6.45, 7) is 2.59. The van der Waals surface area contributed by atoms with Crippen LogP contribution in [-0.2, 0) is 30.9 Å². The number of aryl methyl sites for hydroxylation is 1. The number of unbranched alkanes of at least 4 members (excludes halogenated alkanes) is 4. The molecular weight excluding hydrogens is 606 g/mol. The average molecular weight is 643 g/mol. The van der Waals surface area contributed by atoms with Gasteiger partial charge in [-0.15, -0.1) is 0 Å². The van der Waals surface area contributed by atoms with Crippen molar-refractivity contribution < 1.29 is 28.2 Å². The number of hydrogen-bond donors (Lipinski definition) is 1. The first-order chi connectivity index (χ1) is 22.8. The quantitative estimate of drug-likeness (QED) is 0.148. The molecule has 0 spiro atoms. The second-order valence-corrected chi connectivity index (χ2v) is 11.6. The number of likely N-dealkylation sites (tertiary alicyclic amines) is 1. The fourth-order valence-electron chi connectivity index (χ4n) is 5.72. The van der Waals surface area contributed by atoms with E-state index in [2.05, 4.69) is 20.5 Å². The summed E-state index contributed by atoms with van der Waals surface area (Å²) in [6.07, 6.45) is 5.64. The minimum absolute atomic E-state index is 0.0147. The van der Waals surface area contributed by atoms with Crippen molar-refractivity contribution in [3.8, 4) is 23.8 Å². The van der Waals surface area contributed by atoms with E-state index in [9.17, 15) is 18.7 Å². The van der Waals surface area contributed by atoms with Crippen molar-refractivity contribution in [2.75, 3.05) is 13.1 Å². The van der Waals surface area contributed by atoms with Crippen molar-refractivity contribution in [2.24, 2.45) is 0 Å². The van der Waals surface area contributed by atoms with Gasteiger partial charge in [0, 0.05) is 32.1 Å². The predicted octanol–water partition coefficient (Wildman–Crippen LogP) is 6.30. The van der Waals surface area contributed by atoms with Crippen LogP contribution in [0.1, 0.15) is 67.6 Å². The van der Waals surface area contributed by atoms with Gasteiger partial charge in [0.1, 0.15) is 30.0 Å². The van der Waals surface area contributed by atoms with Gasteiger partial charge in [-0.05, 0) is 67.6 Å². The normalized spacial score (nSPS) is 13.7. The van der Waals surface area contributed by atoms with E-state index in [4.69, 9.17) is 25.0 Å². The zero-order valence-corrected chi connectivity index (χ0v) is 26.0. The molecule has 4 aromatic rings. The Bertz CT molecular complexity index is 1790. The van der Waals surface area contributed by atoms with Crippen LogP contribution >= 0.6 is 0 Å². The van der Waals surface area contributed by atoms with Crippen LogP contribution in [0.25, 0.3) is 11.0 Å². The van der Waals surface area contributed by atoms with Crippen molar-refractivity contribution in [1.82, 2.24) is 19.4 Å². The van der Waals surface area contributed by atoms with Gasteiger partial charge >= 0.3 is 5.97 Å². The van der Waals surface area contributed by atoms with Crippen LogP contribution in [0.2, 0.25) is 0 Å². The molecule has 1 saturated heterocycles. The summed E-state index contributed by atoms with van der Waals surface area (Å²) in [6, 6.07) is 16.2. The number of hydrogen-bond acceptors (Lipinski definition) is 8. The minimum Gasteiger partial charge on any atom is -0.484 e. The van der Waals surface area contributed by atoms with Crippen LogP contribution in [-0.4, -0.2) is 49.7 Å². The first-order valence-electron chi connectivity index (χ1n) is 15.8. The van der Waals surface area contributed by atoms with Gasteiger partial charge in [-0.2, -0.15) is 10.5 Å². The number of pyridine rings is 1. The van der Waals surface area contributed by atoms with Gasteiger partial charge in [0.15, 0.2) is 11.6 Å². The van der Waals surface area contributed by atoms with Crippen molar-refractivity contribution in [3.05, 3.63) is 82.8 Å². The summed E-state index contributed by atoms with van der Waals surface area (Å²) in [5, 5.41) is 27.0. The number of halogens is 2. The molecule has 3 heterocycles. The van der Waals surface area contributed by atoms with E-state index >= 15 is 0 Å². The molecule has 0 atom stereocenters. The third kappa shape index (κ3) is 9.02. The van der Waals surface area contributed by atoms with E-state index in [-0.39, 0.29) is 42.0 Å². The fraction of sp³-hybridized carbons (Fsp3) is 0.400. The first-order valence-corrected chi connectivity index (χ1v) is 15.8. The number of ether oxygens (including phenoxy) is 2. The first kappa shape index (κ1) is 33.3. The maximum atomic E-state index is 14.5. The molecular formula is C35H36F2N6O4. The highest BCUT2D eigenvalue weighted by Gasteiger charge is 2.24. The lowest BCUT2D eigenvalue weighted by Crippen LogP contribution is -2.38. The van der Waals surface area contributed by atoms with Gasteiger partial charge in [0.2, 0.25) is 5.88 Å². The molecule has 244 valence electrons. The van der Waals surface area contributed by atoms with E-state index in [1.807, 2.05) is 24.3 Å². The lowest BCUT2D eigenvalue weighted by molar-refractivity contribution is -0.136. The lowest BCUT2D eigenvalue weighted by Gasteiger charge is -2.31. The summed E-state index contributed by atoms with van der Waals surface area (Å²) in [7, 11) is 0. The van der Waals surface area contributed by atoms with E-state index in [1.165, 1.54) is 24.3 Å². The number of aliphatic carboxylic acids is 1. The number of nitriles is 2. The number of fused-ring (bicyclic) bond motifs is 1. The molecule has 2 aromatic heterocycles. The molecule has 1 fully saturated rings. The van der Waals surface area contributed by atoms with Crippen LogP contribution in [0, 0.1) is 34.3 Å². The Kier molecular flexibility index (Phi) is 11.3. The van der Waals surface area contributed by atoms with Crippen LogP contribution in [0.3, 0.4) is 0 Å². The molecule has 47 heavy (non-hydrogen) atoms. The highest BCUT2D eigenvalue weighted by Crippen LogP contribution is 2.25. The van der Waals surface area contributed by atoms with Crippen molar-refractivity contribution in [2.45, 2.75) is 77.2 Å². The molecule has 0 saturated carbocycles. The zero-order chi connectivity index (χ0) is 33.2. The lowest BCUT2D eigenvalue weighted by atomic mass is 10.1. The van der Waals surface area contributed by atoms with E-state index in [0.29, 0.717) is 13.0 Å². The summed E-state index contributed by atoms with van der Waals surface area (Å²) in [5.41, 5.74) is 2.64. The number of benzene rings is 2. The number of aromatic nitrogens is 3. The number of rotatable bonds is 15. The molecule has 1 N–H and O–H groups in total. The Morgan fingerprint density at radius 1 is 0.979 bits per heavy atom. The highest BCUT2D eigenvalue weighted by atomic mass is 19.1. The van der Waals surface area contributed by atoms with Crippen molar-refractivity contribution >= 4 is 17.0 Å². The average Bonchev–Trinajstić information content (AvgIpc) is 3.39. The molecule has 1 aliphatic heterocycles. The van der Waals surface area contributed by atoms with Gasteiger partial charge in [-0.1, -0.05) is 18.9 Å². The van der Waals surface area contributed by atoms with Crippen LogP contribution in [0.15, 0.2) is 48.5 Å². The standard InChI is InChI=1S/C35H36F2N6O4/c36-27-8-11-34(41-30(27)23-46-32-10-7-25(21-39)18-28(32)37)47-26-12-16-42(17-13-26)22-33-40-29-9-6-24(20-35(44)45)19-31(29)43(33)15-5-3-1-2-4-14-38/h6-11,18-19,26H,1-5,12-13,15-17,20,22-23H2,(H,44,45). The number of carboxylic acid groups (broad SMARTS) is 1. The van der Waals surface area contributed by atoms with Gasteiger partial charge in [0.05, 0.1) is 41.7 Å². The van der Waals surface area contributed by atoms with Crippen LogP contribution < -0.4 is 9.47 Å². The predicted molar refractivity (Wildman–Crippen MR) is 168 cm³/mol. The zero-order valence-electron chi connectivity index (χ0n) is 26.0. The molecule has 0 amide bonds. The Morgan fingerprint density at radius 2 is 1.79 bits per heavy atom. The third-order valence-electron chi connectivity index (χ3n) is 8.17. The topological polar surface area (TPSA) is 137 Å². The fourth-order valence-corrected chi connectivity index (χ4v) is 5.72. The van der Waals surface area contributed by atoms with Crippen LogP contribution in [0.5, 0.6) is 11.6 Å². The Labute approximate surface area is 271 Å². The molecule has 0 unspecified atom stereocenters. The molecule has 0 bridgehead atoms. The SMILES string of the molecule is N#CCCCCCCn1c(CN2CCC(Oc3ccc(F)c(COc4ccc(C#N)cc4F)n3)CC2)nc2ccc(CC(=O)O)cc21.